The summed E-state index contributed by atoms with van der Waals surface area (Å²) in [6.07, 6.45) is 2.17. The van der Waals surface area contributed by atoms with Crippen molar-refractivity contribution in [2.45, 2.75) is 51.2 Å². The van der Waals surface area contributed by atoms with Gasteiger partial charge in [-0.1, -0.05) is 36.9 Å². The van der Waals surface area contributed by atoms with Crippen LogP contribution in [0.1, 0.15) is 40.2 Å². The van der Waals surface area contributed by atoms with E-state index in [9.17, 15) is 14.4 Å². The molecule has 6 rings (SSSR count). The molecule has 0 radical (unpaired) electrons. The van der Waals surface area contributed by atoms with Crippen LogP contribution >= 0.6 is 0 Å². The Morgan fingerprint density at radius 1 is 1.19 bits per heavy atom. The molecule has 9 nitrogen and oxygen atoms in total. The van der Waals surface area contributed by atoms with Gasteiger partial charge in [-0.2, -0.15) is 15.2 Å². The number of likely N-dealkylation sites (N-methyl/N-ethyl adjacent to an activating group) is 1. The topological polar surface area (TPSA) is 88.8 Å². The minimum Gasteiger partial charge on any atom is -0.462 e. The number of aryl methyl sites for hydroxylation is 1. The predicted octanol–water partition coefficient (Wildman–Crippen LogP) is 4.39. The number of hydrogen-bond acceptors (Lipinski definition) is 8. The average Bonchev–Trinajstić information content (AvgIpc) is 3.53. The van der Waals surface area contributed by atoms with E-state index in [2.05, 4.69) is 60.9 Å². The maximum absolute atomic E-state index is 13.8. The molecule has 1 amide bonds. The molecule has 0 N–H and O–H groups in total. The molecule has 2 atom stereocenters. The number of nitrogens with zero attached hydrogens (tertiary/aromatic N) is 7. The fourth-order valence-electron chi connectivity index (χ4n) is 6.62. The molecule has 3 aromatic rings. The Hall–Kier alpha value is -4.23. The van der Waals surface area contributed by atoms with Gasteiger partial charge in [-0.3, -0.25) is 4.79 Å². The van der Waals surface area contributed by atoms with E-state index < -0.39 is 24.8 Å². The number of benzene rings is 2. The van der Waals surface area contributed by atoms with Crippen molar-refractivity contribution in [1.29, 1.82) is 5.26 Å². The summed E-state index contributed by atoms with van der Waals surface area (Å²) in [6.45, 7) is 5.82. The number of nitriles is 1. The Morgan fingerprint density at radius 2 is 2.02 bits per heavy atom. The van der Waals surface area contributed by atoms with Crippen LogP contribution in [0.3, 0.4) is 0 Å². The molecule has 0 bridgehead atoms. The van der Waals surface area contributed by atoms with Crippen molar-refractivity contribution in [3.63, 3.8) is 0 Å². The van der Waals surface area contributed by atoms with Gasteiger partial charge in [0.05, 0.1) is 30.8 Å². The van der Waals surface area contributed by atoms with Gasteiger partial charge in [-0.25, -0.2) is 4.39 Å². The summed E-state index contributed by atoms with van der Waals surface area (Å²) in [4.78, 5) is 29.5. The first-order valence-electron chi connectivity index (χ1n) is 16.3. The second-order valence-electron chi connectivity index (χ2n) is 11.5. The van der Waals surface area contributed by atoms with Crippen LogP contribution in [-0.2, 0) is 17.8 Å². The van der Waals surface area contributed by atoms with E-state index in [0.717, 1.165) is 35.3 Å². The molecular formula is C33H38FN7O2. The lowest BCUT2D eigenvalue weighted by molar-refractivity contribution is -0.131. The maximum atomic E-state index is 13.8. The summed E-state index contributed by atoms with van der Waals surface area (Å²) in [6, 6.07) is 14.1. The molecule has 0 spiro atoms. The fourth-order valence-corrected chi connectivity index (χ4v) is 6.62. The maximum Gasteiger partial charge on any atom is 0.318 e. The monoisotopic (exact) mass is 588 g/mol. The second-order valence-corrected chi connectivity index (χ2v) is 11.5. The van der Waals surface area contributed by atoms with Crippen molar-refractivity contribution in [2.75, 3.05) is 56.1 Å². The van der Waals surface area contributed by atoms with Gasteiger partial charge in [0.15, 0.2) is 5.83 Å². The number of fused-ring (bicyclic) bond motifs is 2. The first kappa shape index (κ1) is 25.3. The number of likely N-dealkylation sites (tertiary alicyclic amines) is 1. The lowest BCUT2D eigenvalue weighted by atomic mass is 10.0. The molecule has 224 valence electrons. The Bertz CT molecular complexity index is 1690. The molecule has 2 fully saturated rings. The molecule has 0 saturated carbocycles. The number of piperazine rings is 1. The fraction of sp³-hybridized carbons (Fsp3) is 0.455. The zero-order chi connectivity index (χ0) is 32.6. The number of hydrogen-bond donors (Lipinski definition) is 0. The molecular weight excluding hydrogens is 547 g/mol. The van der Waals surface area contributed by atoms with Crippen LogP contribution < -0.4 is 14.5 Å². The Kier molecular flexibility index (Phi) is 7.16. The van der Waals surface area contributed by atoms with Gasteiger partial charge in [0.1, 0.15) is 12.4 Å². The molecule has 2 saturated heterocycles. The Labute approximate surface area is 256 Å². The summed E-state index contributed by atoms with van der Waals surface area (Å²) in [5.74, 6) is -1.18. The third-order valence-electron chi connectivity index (χ3n) is 8.84. The third kappa shape index (κ3) is 5.74. The highest BCUT2D eigenvalue weighted by molar-refractivity contribution is 5.97. The van der Waals surface area contributed by atoms with E-state index in [1.165, 1.54) is 20.7 Å². The summed E-state index contributed by atoms with van der Waals surface area (Å²) >= 11 is 0. The third-order valence-corrected chi connectivity index (χ3v) is 8.84. The second kappa shape index (κ2) is 12.2. The van der Waals surface area contributed by atoms with Crippen molar-refractivity contribution in [3.8, 4) is 12.1 Å². The zero-order valence-corrected chi connectivity index (χ0v) is 24.4. The molecule has 4 heterocycles. The van der Waals surface area contributed by atoms with Crippen LogP contribution in [-0.4, -0.2) is 84.1 Å². The van der Waals surface area contributed by atoms with E-state index in [0.29, 0.717) is 38.3 Å². The number of aromatic nitrogens is 2. The summed E-state index contributed by atoms with van der Waals surface area (Å²) in [5, 5.41) is 11.9. The van der Waals surface area contributed by atoms with Gasteiger partial charge in [-0.15, -0.1) is 0 Å². The van der Waals surface area contributed by atoms with E-state index in [1.807, 2.05) is 4.90 Å². The number of rotatable bonds is 7. The zero-order valence-electron chi connectivity index (χ0n) is 27.4. The first-order valence-corrected chi connectivity index (χ1v) is 14.8. The number of carbonyl (C=O) groups is 1. The Balaban J connectivity index is 1.34. The molecule has 1 aromatic heterocycles. The van der Waals surface area contributed by atoms with Gasteiger partial charge in [0.25, 0.3) is 5.91 Å². The molecule has 0 aliphatic carbocycles. The SMILES string of the molecule is [2H]C([2H])([2H])N1CCC[C@H]1COc1nc2c(c(N3CCN(C(=O)C(=C)F)[C@@H](CC#N)C3)n1)CCN(c1cccc3cccc([14CH3])c13)C2. The predicted molar refractivity (Wildman–Crippen MR) is 165 cm³/mol. The highest BCUT2D eigenvalue weighted by Crippen LogP contribution is 2.36. The number of ether oxygens (including phenoxy) is 1. The summed E-state index contributed by atoms with van der Waals surface area (Å²) < 4.78 is 43.8. The average molecular weight is 589 g/mol. The van der Waals surface area contributed by atoms with Gasteiger partial charge >= 0.3 is 6.01 Å². The molecule has 3 aliphatic heterocycles. The van der Waals surface area contributed by atoms with Crippen LogP contribution in [0.15, 0.2) is 48.8 Å². The molecule has 3 aliphatic rings. The van der Waals surface area contributed by atoms with Gasteiger partial charge in [-0.05, 0) is 56.7 Å². The van der Waals surface area contributed by atoms with Crippen molar-refractivity contribution in [3.05, 3.63) is 65.6 Å². The minimum atomic E-state index is -2.21. The van der Waals surface area contributed by atoms with E-state index in [-0.39, 0.29) is 38.2 Å². The molecule has 43 heavy (non-hydrogen) atoms. The van der Waals surface area contributed by atoms with E-state index in [4.69, 9.17) is 18.8 Å². The van der Waals surface area contributed by atoms with Crippen LogP contribution in [0.25, 0.3) is 10.8 Å². The lowest BCUT2D eigenvalue weighted by Gasteiger charge is -2.42. The standard InChI is InChI=1S/C33H38FN7O2/c1-22-7-4-8-24-9-5-11-29(30(22)24)39-16-13-27-28(20-39)36-33(43-21-26-10-6-15-38(26)3)37-31(27)40-17-18-41(32(42)23(2)34)25(19-40)12-14-35/h4-5,7-9,11,25-26H,2,6,10,12-13,15-21H2,1,3H3/t25-,26-/m0/s1/i1+2,3D3. The normalized spacial score (nSPS) is 22.0. The van der Waals surface area contributed by atoms with E-state index in [1.54, 1.807) is 0 Å². The number of anilines is 2. The summed E-state index contributed by atoms with van der Waals surface area (Å²) in [7, 11) is 0. The first-order chi connectivity index (χ1) is 22.0. The van der Waals surface area contributed by atoms with Crippen LogP contribution in [0.5, 0.6) is 6.01 Å². The van der Waals surface area contributed by atoms with E-state index >= 15 is 0 Å². The largest absolute Gasteiger partial charge is 0.462 e. The molecule has 2 aromatic carbocycles. The highest BCUT2D eigenvalue weighted by Gasteiger charge is 2.35. The van der Waals surface area contributed by atoms with Crippen molar-refractivity contribution in [2.24, 2.45) is 0 Å². The van der Waals surface area contributed by atoms with Crippen LogP contribution in [0, 0.1) is 18.3 Å². The Morgan fingerprint density at radius 3 is 2.81 bits per heavy atom. The van der Waals surface area contributed by atoms with Crippen molar-refractivity contribution < 1.29 is 18.0 Å². The van der Waals surface area contributed by atoms with Gasteiger partial charge in [0, 0.05) is 53.0 Å². The molecule has 0 unspecified atom stereocenters. The summed E-state index contributed by atoms with van der Waals surface area (Å²) in [5.41, 5.74) is 4.09. The lowest BCUT2D eigenvalue weighted by Crippen LogP contribution is -2.55. The highest BCUT2D eigenvalue weighted by atomic mass is 19.1. The van der Waals surface area contributed by atoms with Gasteiger partial charge in [0.2, 0.25) is 0 Å². The minimum absolute atomic E-state index is 0.0347. The molecule has 10 heteroatoms. The van der Waals surface area contributed by atoms with Crippen molar-refractivity contribution in [1.82, 2.24) is 19.8 Å². The van der Waals surface area contributed by atoms with Crippen LogP contribution in [0.4, 0.5) is 15.9 Å². The number of halogens is 1. The smallest absolute Gasteiger partial charge is 0.318 e. The van der Waals surface area contributed by atoms with Gasteiger partial charge < -0.3 is 24.3 Å². The number of carbonyl (C=O) groups excluding carboxylic acids is 1. The quantitative estimate of drug-likeness (QED) is 0.376. The number of amides is 1. The van der Waals surface area contributed by atoms with Crippen LogP contribution in [0.2, 0.25) is 0 Å². The van der Waals surface area contributed by atoms with Crippen molar-refractivity contribution >= 4 is 28.2 Å².